The molecule has 2 heteroatoms. The first-order valence-corrected chi connectivity index (χ1v) is 10.7. The summed E-state index contributed by atoms with van der Waals surface area (Å²) in [5, 5.41) is 3.55. The molecule has 25 heavy (non-hydrogen) atoms. The van der Waals surface area contributed by atoms with Gasteiger partial charge in [-0.25, -0.2) is 0 Å². The van der Waals surface area contributed by atoms with Crippen LogP contribution in [0.4, 0.5) is 0 Å². The number of hydrogen-bond donors (Lipinski definition) is 1. The lowest BCUT2D eigenvalue weighted by Gasteiger charge is -2.54. The molecule has 4 saturated carbocycles. The van der Waals surface area contributed by atoms with Gasteiger partial charge in [-0.15, -0.1) is 0 Å². The molecule has 4 fully saturated rings. The van der Waals surface area contributed by atoms with Crippen molar-refractivity contribution in [2.75, 3.05) is 19.7 Å². The quantitative estimate of drug-likeness (QED) is 0.417. The Hall–Kier alpha value is -0.600. The first kappa shape index (κ1) is 19.2. The van der Waals surface area contributed by atoms with Crippen LogP contribution in [-0.4, -0.2) is 25.8 Å². The van der Waals surface area contributed by atoms with E-state index >= 15 is 0 Å². The Morgan fingerprint density at radius 3 is 2.28 bits per heavy atom. The van der Waals surface area contributed by atoms with Crippen LogP contribution in [0, 0.1) is 23.7 Å². The fourth-order valence-corrected chi connectivity index (χ4v) is 5.60. The summed E-state index contributed by atoms with van der Waals surface area (Å²) in [6.45, 7) is 9.61. The SMILES string of the molecule is CC(C)=CCC/C(C)=C/CNCCCOC1C2CC3CC(C2)CC1C3. The molecule has 2 nitrogen and oxygen atoms in total. The Morgan fingerprint density at radius 1 is 0.960 bits per heavy atom. The Kier molecular flexibility index (Phi) is 7.18. The molecule has 0 spiro atoms. The van der Waals surface area contributed by atoms with E-state index in [4.69, 9.17) is 4.74 Å². The first-order valence-electron chi connectivity index (χ1n) is 10.7. The van der Waals surface area contributed by atoms with Gasteiger partial charge in [0.15, 0.2) is 0 Å². The van der Waals surface area contributed by atoms with Crippen molar-refractivity contribution in [3.8, 4) is 0 Å². The summed E-state index contributed by atoms with van der Waals surface area (Å²) in [5.74, 6) is 3.90. The average molecular weight is 346 g/mol. The van der Waals surface area contributed by atoms with Crippen molar-refractivity contribution in [2.45, 2.75) is 78.2 Å². The van der Waals surface area contributed by atoms with E-state index in [0.717, 1.165) is 49.8 Å². The predicted molar refractivity (Wildman–Crippen MR) is 107 cm³/mol. The average Bonchev–Trinajstić information content (AvgIpc) is 2.55. The van der Waals surface area contributed by atoms with E-state index in [1.165, 1.54) is 56.1 Å². The summed E-state index contributed by atoms with van der Waals surface area (Å²) in [5.41, 5.74) is 2.92. The molecular weight excluding hydrogens is 306 g/mol. The van der Waals surface area contributed by atoms with E-state index < -0.39 is 0 Å². The lowest BCUT2D eigenvalue weighted by Crippen LogP contribution is -2.49. The van der Waals surface area contributed by atoms with Gasteiger partial charge >= 0.3 is 0 Å². The maximum atomic E-state index is 6.36. The zero-order chi connectivity index (χ0) is 17.6. The van der Waals surface area contributed by atoms with Gasteiger partial charge in [0.25, 0.3) is 0 Å². The molecule has 0 aromatic heterocycles. The van der Waals surface area contributed by atoms with Gasteiger partial charge in [0.05, 0.1) is 6.10 Å². The molecule has 4 bridgehead atoms. The van der Waals surface area contributed by atoms with Crippen molar-refractivity contribution in [1.29, 1.82) is 0 Å². The molecule has 142 valence electrons. The van der Waals surface area contributed by atoms with Crippen LogP contribution >= 0.6 is 0 Å². The van der Waals surface area contributed by atoms with Gasteiger partial charge in [-0.05, 0) is 102 Å². The highest BCUT2D eigenvalue weighted by atomic mass is 16.5. The van der Waals surface area contributed by atoms with E-state index in [1.807, 2.05) is 0 Å². The van der Waals surface area contributed by atoms with Crippen molar-refractivity contribution in [3.05, 3.63) is 23.3 Å². The van der Waals surface area contributed by atoms with Gasteiger partial charge in [0.2, 0.25) is 0 Å². The van der Waals surface area contributed by atoms with Gasteiger partial charge in [0, 0.05) is 13.2 Å². The standard InChI is InChI=1S/C23H39NO/c1-17(2)6-4-7-18(3)8-10-24-9-5-11-25-23-21-13-19-12-20(15-21)16-22(23)14-19/h6,8,19-24H,4-5,7,9-16H2,1-3H3/b18-8+. The van der Waals surface area contributed by atoms with Crippen LogP contribution in [0.25, 0.3) is 0 Å². The van der Waals surface area contributed by atoms with Crippen molar-refractivity contribution in [2.24, 2.45) is 23.7 Å². The number of ether oxygens (including phenoxy) is 1. The maximum Gasteiger partial charge on any atom is 0.0631 e. The van der Waals surface area contributed by atoms with E-state index in [0.29, 0.717) is 6.10 Å². The second kappa shape index (κ2) is 9.37. The molecule has 1 N–H and O–H groups in total. The summed E-state index contributed by atoms with van der Waals surface area (Å²) < 4.78 is 6.36. The largest absolute Gasteiger partial charge is 0.378 e. The molecule has 0 aromatic rings. The van der Waals surface area contributed by atoms with Crippen molar-refractivity contribution >= 4 is 0 Å². The molecule has 0 amide bonds. The number of nitrogens with one attached hydrogen (secondary N) is 1. The third-order valence-electron chi connectivity index (χ3n) is 6.63. The van der Waals surface area contributed by atoms with Crippen LogP contribution in [0.2, 0.25) is 0 Å². The van der Waals surface area contributed by atoms with Gasteiger partial charge in [-0.3, -0.25) is 0 Å². The lowest BCUT2D eigenvalue weighted by atomic mass is 9.55. The molecule has 0 atom stereocenters. The summed E-state index contributed by atoms with van der Waals surface area (Å²) in [7, 11) is 0. The number of allylic oxidation sites excluding steroid dienone is 3. The second-order valence-corrected chi connectivity index (χ2v) is 9.19. The Balaban J connectivity index is 1.23. The predicted octanol–water partition coefficient (Wildman–Crippen LogP) is 5.50. The summed E-state index contributed by atoms with van der Waals surface area (Å²) in [6, 6.07) is 0. The van der Waals surface area contributed by atoms with E-state index in [1.54, 1.807) is 0 Å². The molecule has 4 rings (SSSR count). The fraction of sp³-hybridized carbons (Fsp3) is 0.826. The van der Waals surface area contributed by atoms with Gasteiger partial charge < -0.3 is 10.1 Å². The Bertz CT molecular complexity index is 446. The van der Waals surface area contributed by atoms with Gasteiger partial charge in [0.1, 0.15) is 0 Å². The summed E-state index contributed by atoms with van der Waals surface area (Å²) in [4.78, 5) is 0. The first-order chi connectivity index (χ1) is 12.1. The molecular formula is C23H39NO. The Morgan fingerprint density at radius 2 is 1.64 bits per heavy atom. The fourth-order valence-electron chi connectivity index (χ4n) is 5.60. The van der Waals surface area contributed by atoms with Crippen molar-refractivity contribution in [3.63, 3.8) is 0 Å². The third kappa shape index (κ3) is 5.69. The number of hydrogen-bond acceptors (Lipinski definition) is 2. The maximum absolute atomic E-state index is 6.36. The van der Waals surface area contributed by atoms with E-state index in [-0.39, 0.29) is 0 Å². The normalized spacial score (nSPS) is 33.7. The molecule has 0 radical (unpaired) electrons. The van der Waals surface area contributed by atoms with Crippen molar-refractivity contribution in [1.82, 2.24) is 5.32 Å². The van der Waals surface area contributed by atoms with Gasteiger partial charge in [-0.1, -0.05) is 23.3 Å². The van der Waals surface area contributed by atoms with E-state index in [9.17, 15) is 0 Å². The second-order valence-electron chi connectivity index (χ2n) is 9.19. The smallest absolute Gasteiger partial charge is 0.0631 e. The van der Waals surface area contributed by atoms with Crippen LogP contribution in [0.5, 0.6) is 0 Å². The zero-order valence-corrected chi connectivity index (χ0v) is 16.7. The molecule has 0 saturated heterocycles. The van der Waals surface area contributed by atoms with Crippen LogP contribution in [0.1, 0.15) is 72.1 Å². The highest BCUT2D eigenvalue weighted by Crippen LogP contribution is 2.54. The third-order valence-corrected chi connectivity index (χ3v) is 6.63. The minimum absolute atomic E-state index is 0.602. The monoisotopic (exact) mass is 345 g/mol. The minimum atomic E-state index is 0.602. The van der Waals surface area contributed by atoms with Crippen LogP contribution in [0.3, 0.4) is 0 Å². The van der Waals surface area contributed by atoms with Crippen LogP contribution in [0.15, 0.2) is 23.3 Å². The lowest BCUT2D eigenvalue weighted by molar-refractivity contribution is -0.126. The zero-order valence-electron chi connectivity index (χ0n) is 16.7. The van der Waals surface area contributed by atoms with E-state index in [2.05, 4.69) is 38.2 Å². The molecule has 0 heterocycles. The molecule has 4 aliphatic rings. The summed E-state index contributed by atoms with van der Waals surface area (Å²) >= 11 is 0. The summed E-state index contributed by atoms with van der Waals surface area (Å²) in [6.07, 6.45) is 16.2. The topological polar surface area (TPSA) is 21.3 Å². The minimum Gasteiger partial charge on any atom is -0.378 e. The highest BCUT2D eigenvalue weighted by Gasteiger charge is 2.48. The van der Waals surface area contributed by atoms with Crippen LogP contribution < -0.4 is 5.32 Å². The van der Waals surface area contributed by atoms with Crippen molar-refractivity contribution < 1.29 is 4.74 Å². The number of rotatable bonds is 10. The Labute approximate surface area is 155 Å². The molecule has 0 aromatic carbocycles. The highest BCUT2D eigenvalue weighted by molar-refractivity contribution is 5.03. The molecule has 0 aliphatic heterocycles. The van der Waals surface area contributed by atoms with Crippen LogP contribution in [-0.2, 0) is 4.74 Å². The molecule has 0 unspecified atom stereocenters. The molecule has 4 aliphatic carbocycles. The van der Waals surface area contributed by atoms with Gasteiger partial charge in [-0.2, -0.15) is 0 Å².